The van der Waals surface area contributed by atoms with Gasteiger partial charge in [-0.15, -0.1) is 0 Å². The molecule has 1 amide bonds. The Hall–Kier alpha value is -1.15. The monoisotopic (exact) mass is 342 g/mol. The number of hydrogen-bond acceptors (Lipinski definition) is 2. The average Bonchev–Trinajstić information content (AvgIpc) is 2.28. The summed E-state index contributed by atoms with van der Waals surface area (Å²) in [4.78, 5) is 11.4. The highest BCUT2D eigenvalue weighted by atomic mass is 79.9. The minimum Gasteiger partial charge on any atom is -0.368 e. The molecule has 0 aliphatic rings. The van der Waals surface area contributed by atoms with Crippen LogP contribution in [0.25, 0.3) is 0 Å². The number of carbonyl (C=O) groups excluding carboxylic acids is 1. The largest absolute Gasteiger partial charge is 0.401 e. The number of nitrogens with one attached hydrogen (secondary N) is 1. The van der Waals surface area contributed by atoms with Gasteiger partial charge in [0.15, 0.2) is 0 Å². The molecule has 3 N–H and O–H groups in total. The normalized spacial score (nSPS) is 15.1. The van der Waals surface area contributed by atoms with Gasteiger partial charge < -0.3 is 5.73 Å². The van der Waals surface area contributed by atoms with Gasteiger partial charge in [0.05, 0.1) is 6.54 Å². The van der Waals surface area contributed by atoms with E-state index < -0.39 is 30.0 Å². The summed E-state index contributed by atoms with van der Waals surface area (Å²) in [5.74, 6) is -1.92. The van der Waals surface area contributed by atoms with Crippen LogP contribution in [0.1, 0.15) is 12.5 Å². The molecule has 0 aliphatic carbocycles. The zero-order valence-corrected chi connectivity index (χ0v) is 11.4. The van der Waals surface area contributed by atoms with E-state index in [-0.39, 0.29) is 5.56 Å². The fraction of sp³-hybridized carbons (Fsp3) is 0.364. The molecule has 0 spiro atoms. The zero-order chi connectivity index (χ0) is 14.8. The van der Waals surface area contributed by atoms with Crippen molar-refractivity contribution in [3.63, 3.8) is 0 Å². The van der Waals surface area contributed by atoms with Crippen molar-refractivity contribution >= 4 is 21.8 Å². The first-order chi connectivity index (χ1) is 8.56. The highest BCUT2D eigenvalue weighted by Gasteiger charge is 2.39. The number of carbonyl (C=O) groups is 1. The molecule has 0 aliphatic heterocycles. The summed E-state index contributed by atoms with van der Waals surface area (Å²) >= 11 is 3.06. The first-order valence-corrected chi connectivity index (χ1v) is 5.93. The lowest BCUT2D eigenvalue weighted by atomic mass is 9.90. The molecule has 8 heteroatoms. The van der Waals surface area contributed by atoms with Crippen LogP contribution in [0.3, 0.4) is 0 Å². The zero-order valence-electron chi connectivity index (χ0n) is 9.81. The van der Waals surface area contributed by atoms with Crippen molar-refractivity contribution < 1.29 is 22.4 Å². The van der Waals surface area contributed by atoms with Gasteiger partial charge in [0.1, 0.15) is 11.4 Å². The van der Waals surface area contributed by atoms with Crippen LogP contribution in [-0.2, 0) is 10.3 Å². The van der Waals surface area contributed by atoms with Crippen LogP contribution in [0.4, 0.5) is 17.6 Å². The number of nitrogens with two attached hydrogens (primary N) is 1. The molecule has 0 fully saturated rings. The van der Waals surface area contributed by atoms with E-state index in [2.05, 4.69) is 15.9 Å². The average molecular weight is 343 g/mol. The summed E-state index contributed by atoms with van der Waals surface area (Å²) in [5, 5.41) is 1.96. The molecule has 1 aromatic rings. The minimum absolute atomic E-state index is 0.251. The summed E-state index contributed by atoms with van der Waals surface area (Å²) in [6, 6.07) is 3.61. The second-order valence-corrected chi connectivity index (χ2v) is 5.00. The Bertz CT molecular complexity index is 492. The molecule has 0 saturated carbocycles. The molecule has 0 saturated heterocycles. The first-order valence-electron chi connectivity index (χ1n) is 5.13. The second-order valence-electron chi connectivity index (χ2n) is 4.08. The molecule has 3 nitrogen and oxygen atoms in total. The quantitative estimate of drug-likeness (QED) is 0.826. The first kappa shape index (κ1) is 15.9. The standard InChI is InChI=1S/C11H11BrF4N2O/c1-10(9(17)19,18-5-11(14,15)16)7-4-6(12)2-3-8(7)13/h2-4,18H,5H2,1H3,(H2,17,19). The minimum atomic E-state index is -4.54. The van der Waals surface area contributed by atoms with Crippen molar-refractivity contribution in [3.05, 3.63) is 34.1 Å². The Morgan fingerprint density at radius 1 is 1.42 bits per heavy atom. The highest BCUT2D eigenvalue weighted by Crippen LogP contribution is 2.27. The number of rotatable bonds is 4. The summed E-state index contributed by atoms with van der Waals surface area (Å²) in [6.45, 7) is -0.357. The van der Waals surface area contributed by atoms with Crippen LogP contribution < -0.4 is 11.1 Å². The molecule has 1 aromatic carbocycles. The molecule has 0 heterocycles. The fourth-order valence-electron chi connectivity index (χ4n) is 1.47. The molecule has 0 radical (unpaired) electrons. The summed E-state index contributed by atoms with van der Waals surface area (Å²) < 4.78 is 50.8. The van der Waals surface area contributed by atoms with Crippen molar-refractivity contribution in [3.8, 4) is 0 Å². The van der Waals surface area contributed by atoms with Crippen molar-refractivity contribution in [2.75, 3.05) is 6.54 Å². The number of amides is 1. The molecule has 106 valence electrons. The number of primary amides is 1. The van der Waals surface area contributed by atoms with Crippen LogP contribution in [0.15, 0.2) is 22.7 Å². The molecule has 0 aromatic heterocycles. The van der Waals surface area contributed by atoms with Gasteiger partial charge >= 0.3 is 6.18 Å². The topological polar surface area (TPSA) is 55.1 Å². The Morgan fingerprint density at radius 2 is 2.00 bits per heavy atom. The van der Waals surface area contributed by atoms with Gasteiger partial charge in [0.2, 0.25) is 5.91 Å². The maximum atomic E-state index is 13.7. The molecule has 19 heavy (non-hydrogen) atoms. The number of benzene rings is 1. The Labute approximate surface area is 115 Å². The number of alkyl halides is 3. The van der Waals surface area contributed by atoms with Gasteiger partial charge in [-0.1, -0.05) is 15.9 Å². The smallest absolute Gasteiger partial charge is 0.368 e. The lowest BCUT2D eigenvalue weighted by Gasteiger charge is -2.29. The van der Waals surface area contributed by atoms with E-state index in [1.807, 2.05) is 5.32 Å². The highest BCUT2D eigenvalue weighted by molar-refractivity contribution is 9.10. The molecule has 1 atom stereocenters. The van der Waals surface area contributed by atoms with E-state index in [0.717, 1.165) is 13.0 Å². The van der Waals surface area contributed by atoms with Gasteiger partial charge in [-0.05, 0) is 25.1 Å². The van der Waals surface area contributed by atoms with Crippen LogP contribution in [0.5, 0.6) is 0 Å². The van der Waals surface area contributed by atoms with Crippen LogP contribution >= 0.6 is 15.9 Å². The van der Waals surface area contributed by atoms with E-state index >= 15 is 0 Å². The molecular formula is C11H11BrF4N2O. The lowest BCUT2D eigenvalue weighted by molar-refractivity contribution is -0.136. The van der Waals surface area contributed by atoms with Crippen LogP contribution in [0, 0.1) is 5.82 Å². The summed E-state index contributed by atoms with van der Waals surface area (Å²) in [7, 11) is 0. The van der Waals surface area contributed by atoms with Crippen molar-refractivity contribution in [2.24, 2.45) is 5.73 Å². The van der Waals surface area contributed by atoms with E-state index in [4.69, 9.17) is 5.73 Å². The lowest BCUT2D eigenvalue weighted by Crippen LogP contribution is -2.53. The van der Waals surface area contributed by atoms with E-state index in [0.29, 0.717) is 4.47 Å². The SMILES string of the molecule is CC(NCC(F)(F)F)(C(N)=O)c1cc(Br)ccc1F. The molecular weight excluding hydrogens is 332 g/mol. The molecule has 1 unspecified atom stereocenters. The van der Waals surface area contributed by atoms with Crippen molar-refractivity contribution in [2.45, 2.75) is 18.6 Å². The Morgan fingerprint density at radius 3 is 2.47 bits per heavy atom. The number of hydrogen-bond donors (Lipinski definition) is 2. The maximum absolute atomic E-state index is 13.7. The van der Waals surface area contributed by atoms with Crippen molar-refractivity contribution in [1.82, 2.24) is 5.32 Å². The molecule has 0 bridgehead atoms. The predicted octanol–water partition coefficient (Wildman–Crippen LogP) is 2.44. The third-order valence-corrected chi connectivity index (χ3v) is 3.10. The fourth-order valence-corrected chi connectivity index (χ4v) is 1.83. The van der Waals surface area contributed by atoms with Crippen molar-refractivity contribution in [1.29, 1.82) is 0 Å². The van der Waals surface area contributed by atoms with Gasteiger partial charge in [-0.2, -0.15) is 13.2 Å². The number of halogens is 5. The third-order valence-electron chi connectivity index (χ3n) is 2.60. The van der Waals surface area contributed by atoms with Crippen LogP contribution in [-0.4, -0.2) is 18.6 Å². The van der Waals surface area contributed by atoms with Gasteiger partial charge in [0.25, 0.3) is 0 Å². The summed E-state index contributed by atoms with van der Waals surface area (Å²) in [6.07, 6.45) is -4.54. The Kier molecular flexibility index (Phi) is 4.57. The summed E-state index contributed by atoms with van der Waals surface area (Å²) in [5.41, 5.74) is 2.89. The van der Waals surface area contributed by atoms with Gasteiger partial charge in [-0.25, -0.2) is 4.39 Å². The van der Waals surface area contributed by atoms with Gasteiger partial charge in [0, 0.05) is 10.0 Å². The van der Waals surface area contributed by atoms with E-state index in [1.54, 1.807) is 0 Å². The second kappa shape index (κ2) is 5.46. The van der Waals surface area contributed by atoms with E-state index in [9.17, 15) is 22.4 Å². The van der Waals surface area contributed by atoms with E-state index in [1.165, 1.54) is 12.1 Å². The Balaban J connectivity index is 3.19. The van der Waals surface area contributed by atoms with Gasteiger partial charge in [-0.3, -0.25) is 10.1 Å². The predicted molar refractivity (Wildman–Crippen MR) is 64.7 cm³/mol. The maximum Gasteiger partial charge on any atom is 0.401 e. The third kappa shape index (κ3) is 3.90. The van der Waals surface area contributed by atoms with Crippen LogP contribution in [0.2, 0.25) is 0 Å². The molecule has 1 rings (SSSR count).